The average molecular weight is 337 g/mol. The van der Waals surface area contributed by atoms with Crippen molar-refractivity contribution in [3.63, 3.8) is 0 Å². The minimum Gasteiger partial charge on any atom is -0.496 e. The lowest BCUT2D eigenvalue weighted by Gasteiger charge is -2.25. The molecule has 1 atom stereocenters. The van der Waals surface area contributed by atoms with Gasteiger partial charge in [-0.15, -0.1) is 0 Å². The smallest absolute Gasteiger partial charge is 0.310 e. The van der Waals surface area contributed by atoms with Crippen LogP contribution in [0.1, 0.15) is 19.4 Å². The molecule has 24 heavy (non-hydrogen) atoms. The van der Waals surface area contributed by atoms with Crippen LogP contribution in [0.15, 0.2) is 24.3 Å². The van der Waals surface area contributed by atoms with Crippen LogP contribution in [0.3, 0.4) is 0 Å². The molecule has 0 fully saturated rings. The molecule has 0 spiro atoms. The number of esters is 1. The molecule has 1 amide bonds. The number of benzene rings is 1. The van der Waals surface area contributed by atoms with Crippen molar-refractivity contribution < 1.29 is 23.8 Å². The average Bonchev–Trinajstić information content (AvgIpc) is 2.60. The fourth-order valence-electron chi connectivity index (χ4n) is 2.37. The van der Waals surface area contributed by atoms with E-state index in [1.54, 1.807) is 18.9 Å². The molecule has 6 nitrogen and oxygen atoms in total. The summed E-state index contributed by atoms with van der Waals surface area (Å²) in [6.45, 7) is 5.40. The third-order valence-electron chi connectivity index (χ3n) is 3.69. The third kappa shape index (κ3) is 6.20. The first kappa shape index (κ1) is 20.0. The van der Waals surface area contributed by atoms with Crippen molar-refractivity contribution in [2.24, 2.45) is 5.92 Å². The first-order valence-corrected chi connectivity index (χ1v) is 8.08. The third-order valence-corrected chi connectivity index (χ3v) is 3.69. The van der Waals surface area contributed by atoms with Crippen LogP contribution >= 0.6 is 0 Å². The van der Waals surface area contributed by atoms with Crippen molar-refractivity contribution in [2.45, 2.75) is 20.3 Å². The summed E-state index contributed by atoms with van der Waals surface area (Å²) in [6, 6.07) is 7.41. The Morgan fingerprint density at radius 1 is 1.21 bits per heavy atom. The van der Waals surface area contributed by atoms with E-state index >= 15 is 0 Å². The molecule has 0 saturated heterocycles. The van der Waals surface area contributed by atoms with Gasteiger partial charge in [-0.05, 0) is 13.0 Å². The number of ether oxygens (including phenoxy) is 3. The Balaban J connectivity index is 2.79. The molecule has 6 heteroatoms. The summed E-state index contributed by atoms with van der Waals surface area (Å²) in [5.41, 5.74) is 0.817. The Bertz CT molecular complexity index is 532. The van der Waals surface area contributed by atoms with Gasteiger partial charge in [-0.1, -0.05) is 25.1 Å². The molecule has 0 aromatic heterocycles. The maximum atomic E-state index is 12.7. The lowest BCUT2D eigenvalue weighted by Crippen LogP contribution is -2.40. The molecule has 0 aliphatic heterocycles. The Labute approximate surface area is 143 Å². The molecule has 0 N–H and O–H groups in total. The highest BCUT2D eigenvalue weighted by Crippen LogP contribution is 2.19. The summed E-state index contributed by atoms with van der Waals surface area (Å²) in [5, 5.41) is 0. The maximum Gasteiger partial charge on any atom is 0.310 e. The number of hydrogen-bond acceptors (Lipinski definition) is 5. The molecule has 1 rings (SSSR count). The summed E-state index contributed by atoms with van der Waals surface area (Å²) in [5.74, 6) is -0.119. The van der Waals surface area contributed by atoms with Gasteiger partial charge in [0, 0.05) is 25.3 Å². The number of nitrogens with zero attached hydrogens (tertiary/aromatic N) is 1. The predicted octanol–water partition coefficient (Wildman–Crippen LogP) is 1.91. The molecular formula is C18H27NO5. The van der Waals surface area contributed by atoms with Gasteiger partial charge in [-0.25, -0.2) is 0 Å². The van der Waals surface area contributed by atoms with Gasteiger partial charge in [-0.2, -0.15) is 0 Å². The Morgan fingerprint density at radius 2 is 1.92 bits per heavy atom. The van der Waals surface area contributed by atoms with E-state index < -0.39 is 5.92 Å². The molecule has 0 aliphatic rings. The predicted molar refractivity (Wildman–Crippen MR) is 91.0 cm³/mol. The highest BCUT2D eigenvalue weighted by molar-refractivity contribution is 5.80. The van der Waals surface area contributed by atoms with E-state index in [4.69, 9.17) is 14.2 Å². The topological polar surface area (TPSA) is 65.1 Å². The van der Waals surface area contributed by atoms with E-state index in [-0.39, 0.29) is 18.3 Å². The van der Waals surface area contributed by atoms with Gasteiger partial charge in [0.15, 0.2) is 0 Å². The van der Waals surface area contributed by atoms with Gasteiger partial charge in [-0.3, -0.25) is 9.59 Å². The van der Waals surface area contributed by atoms with Crippen molar-refractivity contribution in [1.29, 1.82) is 0 Å². The summed E-state index contributed by atoms with van der Waals surface area (Å²) in [7, 11) is 2.93. The molecule has 0 heterocycles. The number of para-hydroxylation sites is 1. The van der Waals surface area contributed by atoms with Gasteiger partial charge in [0.05, 0.1) is 33.2 Å². The Kier molecular flexibility index (Phi) is 8.86. The highest BCUT2D eigenvalue weighted by atomic mass is 16.5. The monoisotopic (exact) mass is 337 g/mol. The van der Waals surface area contributed by atoms with Crippen molar-refractivity contribution in [3.8, 4) is 5.75 Å². The van der Waals surface area contributed by atoms with Crippen molar-refractivity contribution in [3.05, 3.63) is 29.8 Å². The number of amides is 1. The molecule has 0 bridgehead atoms. The summed E-state index contributed by atoms with van der Waals surface area (Å²) >= 11 is 0. The highest BCUT2D eigenvalue weighted by Gasteiger charge is 2.22. The van der Waals surface area contributed by atoms with Crippen LogP contribution in [0, 0.1) is 5.92 Å². The van der Waals surface area contributed by atoms with Crippen LogP contribution in [-0.4, -0.2) is 57.3 Å². The first-order chi connectivity index (χ1) is 11.5. The van der Waals surface area contributed by atoms with E-state index in [9.17, 15) is 9.59 Å². The first-order valence-electron chi connectivity index (χ1n) is 8.08. The minimum atomic E-state index is -0.391. The standard InChI is InChI=1S/C18H27NO5/c1-5-24-11-10-19(13-14(2)18(21)23-4)17(20)12-15-8-6-7-9-16(15)22-3/h6-9,14H,5,10-13H2,1-4H3/t14-/m1/s1. The number of methoxy groups -OCH3 is 2. The van der Waals surface area contributed by atoms with Crippen LogP contribution in [0.5, 0.6) is 5.75 Å². The summed E-state index contributed by atoms with van der Waals surface area (Å²) in [4.78, 5) is 26.0. The second-order valence-electron chi connectivity index (χ2n) is 5.45. The summed E-state index contributed by atoms with van der Waals surface area (Å²) in [6.07, 6.45) is 0.212. The molecule has 134 valence electrons. The molecule has 0 saturated carbocycles. The van der Waals surface area contributed by atoms with E-state index in [0.29, 0.717) is 32.1 Å². The number of rotatable bonds is 10. The van der Waals surface area contributed by atoms with Gasteiger partial charge >= 0.3 is 5.97 Å². The van der Waals surface area contributed by atoms with E-state index in [0.717, 1.165) is 5.56 Å². The molecule has 1 aromatic rings. The van der Waals surface area contributed by atoms with Gasteiger partial charge in [0.2, 0.25) is 5.91 Å². The van der Waals surface area contributed by atoms with Crippen LogP contribution < -0.4 is 4.74 Å². The zero-order valence-corrected chi connectivity index (χ0v) is 14.9. The van der Waals surface area contributed by atoms with E-state index in [1.807, 2.05) is 31.2 Å². The van der Waals surface area contributed by atoms with Gasteiger partial charge in [0.1, 0.15) is 5.75 Å². The van der Waals surface area contributed by atoms with E-state index in [1.165, 1.54) is 7.11 Å². The van der Waals surface area contributed by atoms with Crippen LogP contribution in [0.4, 0.5) is 0 Å². The lowest BCUT2D eigenvalue weighted by molar-refractivity contribution is -0.146. The van der Waals surface area contributed by atoms with Gasteiger partial charge in [0.25, 0.3) is 0 Å². The number of carbonyl (C=O) groups excluding carboxylic acids is 2. The van der Waals surface area contributed by atoms with Crippen molar-refractivity contribution in [2.75, 3.05) is 40.5 Å². The normalized spacial score (nSPS) is 11.7. The molecular weight excluding hydrogens is 310 g/mol. The van der Waals surface area contributed by atoms with Crippen LogP contribution in [-0.2, 0) is 25.5 Å². The minimum absolute atomic E-state index is 0.0741. The van der Waals surface area contributed by atoms with Crippen molar-refractivity contribution >= 4 is 11.9 Å². The van der Waals surface area contributed by atoms with Crippen LogP contribution in [0.2, 0.25) is 0 Å². The fraction of sp³-hybridized carbons (Fsp3) is 0.556. The molecule has 0 unspecified atom stereocenters. The second-order valence-corrected chi connectivity index (χ2v) is 5.45. The van der Waals surface area contributed by atoms with Gasteiger partial charge < -0.3 is 19.1 Å². The largest absolute Gasteiger partial charge is 0.496 e. The fourth-order valence-corrected chi connectivity index (χ4v) is 2.37. The quantitative estimate of drug-likeness (QED) is 0.482. The van der Waals surface area contributed by atoms with E-state index in [2.05, 4.69) is 0 Å². The molecule has 0 radical (unpaired) electrons. The number of carbonyl (C=O) groups is 2. The molecule has 1 aromatic carbocycles. The second kappa shape index (κ2) is 10.6. The maximum absolute atomic E-state index is 12.7. The lowest BCUT2D eigenvalue weighted by atomic mass is 10.1. The summed E-state index contributed by atoms with van der Waals surface area (Å²) < 4.78 is 15.4. The molecule has 0 aliphatic carbocycles. The zero-order chi connectivity index (χ0) is 17.9. The SMILES string of the molecule is CCOCCN(C[C@@H](C)C(=O)OC)C(=O)Cc1ccccc1OC. The van der Waals surface area contributed by atoms with Crippen LogP contribution in [0.25, 0.3) is 0 Å². The number of hydrogen-bond donors (Lipinski definition) is 0. The Hall–Kier alpha value is -2.08. The zero-order valence-electron chi connectivity index (χ0n) is 14.9. The Morgan fingerprint density at radius 3 is 2.54 bits per heavy atom. The van der Waals surface area contributed by atoms with Crippen molar-refractivity contribution in [1.82, 2.24) is 4.90 Å².